The monoisotopic (exact) mass is 187 g/mol. The van der Waals surface area contributed by atoms with E-state index in [0.717, 1.165) is 0 Å². The van der Waals surface area contributed by atoms with Crippen LogP contribution in [0.25, 0.3) is 0 Å². The number of rotatable bonds is 2. The highest BCUT2D eigenvalue weighted by Gasteiger charge is 2.35. The van der Waals surface area contributed by atoms with Crippen LogP contribution in [0.5, 0.6) is 0 Å². The fourth-order valence-corrected chi connectivity index (χ4v) is 1.70. The molecule has 1 rings (SSSR count). The standard InChI is InChI=1S/C8H13NO4/c9-6-2-1-4(7(10)11)3-5(6)8(12)13/h4-6H,1-3,9H2,(H,10,11)(H,12,13)/t4-,5-,6+/m0/s1. The minimum atomic E-state index is -0.988. The van der Waals surface area contributed by atoms with E-state index in [0.29, 0.717) is 12.8 Å². The van der Waals surface area contributed by atoms with Crippen molar-refractivity contribution < 1.29 is 19.8 Å². The second kappa shape index (κ2) is 3.74. The zero-order valence-electron chi connectivity index (χ0n) is 7.14. The van der Waals surface area contributed by atoms with Gasteiger partial charge in [-0.3, -0.25) is 9.59 Å². The zero-order chi connectivity index (χ0) is 10.0. The lowest BCUT2D eigenvalue weighted by atomic mass is 9.78. The van der Waals surface area contributed by atoms with Crippen LogP contribution in [0.3, 0.4) is 0 Å². The molecule has 13 heavy (non-hydrogen) atoms. The fraction of sp³-hybridized carbons (Fsp3) is 0.750. The predicted octanol–water partition coefficient (Wildman–Crippen LogP) is -0.101. The zero-order valence-corrected chi connectivity index (χ0v) is 7.14. The number of hydrogen-bond donors (Lipinski definition) is 3. The van der Waals surface area contributed by atoms with E-state index in [1.54, 1.807) is 0 Å². The van der Waals surface area contributed by atoms with Crippen LogP contribution in [0.15, 0.2) is 0 Å². The van der Waals surface area contributed by atoms with Crippen molar-refractivity contribution >= 4 is 11.9 Å². The lowest BCUT2D eigenvalue weighted by Crippen LogP contribution is -2.42. The van der Waals surface area contributed by atoms with Gasteiger partial charge in [0.15, 0.2) is 0 Å². The molecule has 5 heteroatoms. The van der Waals surface area contributed by atoms with Gasteiger partial charge in [0.1, 0.15) is 0 Å². The number of nitrogens with two attached hydrogens (primary N) is 1. The van der Waals surface area contributed by atoms with Crippen LogP contribution >= 0.6 is 0 Å². The molecule has 3 atom stereocenters. The highest BCUT2D eigenvalue weighted by atomic mass is 16.4. The van der Waals surface area contributed by atoms with Gasteiger partial charge in [0, 0.05) is 6.04 Å². The third-order valence-corrected chi connectivity index (χ3v) is 2.57. The summed E-state index contributed by atoms with van der Waals surface area (Å²) in [6.45, 7) is 0. The molecule has 0 saturated heterocycles. The van der Waals surface area contributed by atoms with Crippen molar-refractivity contribution in [2.75, 3.05) is 0 Å². The Morgan fingerprint density at radius 2 is 1.77 bits per heavy atom. The molecule has 1 fully saturated rings. The van der Waals surface area contributed by atoms with Gasteiger partial charge in [0.2, 0.25) is 0 Å². The summed E-state index contributed by atoms with van der Waals surface area (Å²) in [5, 5.41) is 17.4. The fourth-order valence-electron chi connectivity index (χ4n) is 1.70. The molecule has 0 aromatic rings. The van der Waals surface area contributed by atoms with Gasteiger partial charge >= 0.3 is 11.9 Å². The highest BCUT2D eigenvalue weighted by molar-refractivity contribution is 5.74. The topological polar surface area (TPSA) is 101 Å². The highest BCUT2D eigenvalue weighted by Crippen LogP contribution is 2.28. The summed E-state index contributed by atoms with van der Waals surface area (Å²) >= 11 is 0. The number of carboxylic acids is 2. The van der Waals surface area contributed by atoms with Gasteiger partial charge in [-0.25, -0.2) is 0 Å². The maximum absolute atomic E-state index is 10.7. The van der Waals surface area contributed by atoms with Crippen LogP contribution in [0.2, 0.25) is 0 Å². The summed E-state index contributed by atoms with van der Waals surface area (Å²) in [7, 11) is 0. The first kappa shape index (κ1) is 9.98. The van der Waals surface area contributed by atoms with Crippen LogP contribution < -0.4 is 5.73 Å². The Morgan fingerprint density at radius 3 is 2.23 bits per heavy atom. The molecule has 1 aliphatic carbocycles. The predicted molar refractivity (Wildman–Crippen MR) is 44.1 cm³/mol. The lowest BCUT2D eigenvalue weighted by molar-refractivity contribution is -0.148. The molecule has 0 unspecified atom stereocenters. The summed E-state index contributed by atoms with van der Waals surface area (Å²) < 4.78 is 0. The molecule has 0 aromatic heterocycles. The van der Waals surface area contributed by atoms with Crippen LogP contribution in [-0.2, 0) is 9.59 Å². The molecule has 1 saturated carbocycles. The number of carbonyl (C=O) groups is 2. The summed E-state index contributed by atoms with van der Waals surface area (Å²) in [5.41, 5.74) is 5.57. The molecule has 0 bridgehead atoms. The average Bonchev–Trinajstić information content (AvgIpc) is 2.04. The van der Waals surface area contributed by atoms with Gasteiger partial charge in [-0.2, -0.15) is 0 Å². The Morgan fingerprint density at radius 1 is 1.15 bits per heavy atom. The van der Waals surface area contributed by atoms with Gasteiger partial charge < -0.3 is 15.9 Å². The van der Waals surface area contributed by atoms with Crippen LogP contribution in [0.4, 0.5) is 0 Å². The van der Waals surface area contributed by atoms with E-state index in [9.17, 15) is 9.59 Å². The molecule has 0 aromatic carbocycles. The number of hydrogen-bond acceptors (Lipinski definition) is 3. The molecular weight excluding hydrogens is 174 g/mol. The minimum absolute atomic E-state index is 0.159. The second-order valence-electron chi connectivity index (χ2n) is 3.46. The Hall–Kier alpha value is -1.10. The molecule has 0 aliphatic heterocycles. The maximum Gasteiger partial charge on any atom is 0.308 e. The van der Waals surface area contributed by atoms with E-state index in [2.05, 4.69) is 0 Å². The minimum Gasteiger partial charge on any atom is -0.481 e. The molecule has 0 radical (unpaired) electrons. The molecule has 4 N–H and O–H groups in total. The molecule has 1 aliphatic rings. The van der Waals surface area contributed by atoms with Crippen molar-refractivity contribution in [1.29, 1.82) is 0 Å². The Bertz CT molecular complexity index is 228. The van der Waals surface area contributed by atoms with Crippen LogP contribution in [0.1, 0.15) is 19.3 Å². The van der Waals surface area contributed by atoms with Crippen LogP contribution in [0, 0.1) is 11.8 Å². The third-order valence-electron chi connectivity index (χ3n) is 2.57. The number of aliphatic carboxylic acids is 2. The third kappa shape index (κ3) is 2.18. The van der Waals surface area contributed by atoms with E-state index in [1.807, 2.05) is 0 Å². The molecule has 0 heterocycles. The first-order valence-corrected chi connectivity index (χ1v) is 4.23. The Labute approximate surface area is 75.5 Å². The molecule has 74 valence electrons. The van der Waals surface area contributed by atoms with Crippen molar-refractivity contribution in [3.63, 3.8) is 0 Å². The van der Waals surface area contributed by atoms with Crippen molar-refractivity contribution in [2.45, 2.75) is 25.3 Å². The van der Waals surface area contributed by atoms with Crippen LogP contribution in [-0.4, -0.2) is 28.2 Å². The lowest BCUT2D eigenvalue weighted by Gasteiger charge is -2.29. The molecule has 0 amide bonds. The van der Waals surface area contributed by atoms with Crippen molar-refractivity contribution in [3.8, 4) is 0 Å². The Kier molecular flexibility index (Phi) is 2.87. The SMILES string of the molecule is N[C@@H]1CC[C@H](C(=O)O)C[C@@H]1C(=O)O. The first-order chi connectivity index (χ1) is 6.02. The van der Waals surface area contributed by atoms with Gasteiger partial charge in [-0.05, 0) is 19.3 Å². The normalized spacial score (nSPS) is 34.1. The molecular formula is C8H13NO4. The average molecular weight is 187 g/mol. The summed E-state index contributed by atoms with van der Waals surface area (Å²) in [4.78, 5) is 21.3. The smallest absolute Gasteiger partial charge is 0.308 e. The van der Waals surface area contributed by atoms with Crippen molar-refractivity contribution in [2.24, 2.45) is 17.6 Å². The van der Waals surface area contributed by atoms with Crippen molar-refractivity contribution in [1.82, 2.24) is 0 Å². The second-order valence-corrected chi connectivity index (χ2v) is 3.46. The summed E-state index contributed by atoms with van der Waals surface area (Å²) in [5.74, 6) is -3.15. The largest absolute Gasteiger partial charge is 0.481 e. The maximum atomic E-state index is 10.7. The Balaban J connectivity index is 2.63. The molecule has 5 nitrogen and oxygen atoms in total. The van der Waals surface area contributed by atoms with E-state index < -0.39 is 29.8 Å². The van der Waals surface area contributed by atoms with E-state index in [4.69, 9.17) is 15.9 Å². The van der Waals surface area contributed by atoms with E-state index >= 15 is 0 Å². The van der Waals surface area contributed by atoms with Gasteiger partial charge in [-0.1, -0.05) is 0 Å². The van der Waals surface area contributed by atoms with Gasteiger partial charge in [-0.15, -0.1) is 0 Å². The first-order valence-electron chi connectivity index (χ1n) is 4.23. The van der Waals surface area contributed by atoms with E-state index in [1.165, 1.54) is 0 Å². The summed E-state index contributed by atoms with van der Waals surface area (Å²) in [6.07, 6.45) is 1.13. The molecule has 0 spiro atoms. The van der Waals surface area contributed by atoms with Gasteiger partial charge in [0.25, 0.3) is 0 Å². The van der Waals surface area contributed by atoms with E-state index in [-0.39, 0.29) is 6.42 Å². The quantitative estimate of drug-likeness (QED) is 0.560. The summed E-state index contributed by atoms with van der Waals surface area (Å²) in [6, 6.07) is -0.395. The van der Waals surface area contributed by atoms with Gasteiger partial charge in [0.05, 0.1) is 11.8 Å². The number of carboxylic acid groups (broad SMARTS) is 2. The van der Waals surface area contributed by atoms with Crippen molar-refractivity contribution in [3.05, 3.63) is 0 Å².